The van der Waals surface area contributed by atoms with E-state index in [-0.39, 0.29) is 11.9 Å². The Morgan fingerprint density at radius 2 is 2.00 bits per heavy atom. The number of methoxy groups -OCH3 is 1. The molecule has 0 amide bonds. The van der Waals surface area contributed by atoms with Crippen LogP contribution in [0.15, 0.2) is 36.4 Å². The molecule has 1 aliphatic heterocycles. The second kappa shape index (κ2) is 5.08. The summed E-state index contributed by atoms with van der Waals surface area (Å²) in [5.41, 5.74) is 2.99. The maximum absolute atomic E-state index is 9.98. The SMILES string of the molecule is COc1c(C)c(O)cc2c1CC[C@@H](c1ccccc1)O2. The van der Waals surface area contributed by atoms with E-state index in [0.29, 0.717) is 0 Å². The van der Waals surface area contributed by atoms with Crippen molar-refractivity contribution in [2.45, 2.75) is 25.9 Å². The van der Waals surface area contributed by atoms with E-state index in [1.165, 1.54) is 0 Å². The molecular weight excluding hydrogens is 252 g/mol. The Balaban J connectivity index is 1.98. The Morgan fingerprint density at radius 3 is 2.70 bits per heavy atom. The lowest BCUT2D eigenvalue weighted by Crippen LogP contribution is -2.16. The molecule has 3 heteroatoms. The molecule has 1 atom stereocenters. The molecule has 1 N–H and O–H groups in total. The van der Waals surface area contributed by atoms with Crippen LogP contribution in [0, 0.1) is 6.92 Å². The highest BCUT2D eigenvalue weighted by molar-refractivity contribution is 5.57. The van der Waals surface area contributed by atoms with Gasteiger partial charge >= 0.3 is 0 Å². The molecule has 3 rings (SSSR count). The molecule has 1 heterocycles. The van der Waals surface area contributed by atoms with Gasteiger partial charge in [-0.3, -0.25) is 0 Å². The van der Waals surface area contributed by atoms with Crippen molar-refractivity contribution in [1.82, 2.24) is 0 Å². The lowest BCUT2D eigenvalue weighted by Gasteiger charge is -2.28. The third-order valence-electron chi connectivity index (χ3n) is 3.87. The van der Waals surface area contributed by atoms with E-state index >= 15 is 0 Å². The molecule has 0 aliphatic carbocycles. The van der Waals surface area contributed by atoms with E-state index in [4.69, 9.17) is 9.47 Å². The predicted molar refractivity (Wildman–Crippen MR) is 77.5 cm³/mol. The Labute approximate surface area is 118 Å². The summed E-state index contributed by atoms with van der Waals surface area (Å²) in [6.07, 6.45) is 1.84. The van der Waals surface area contributed by atoms with Crippen molar-refractivity contribution < 1.29 is 14.6 Å². The molecule has 2 aromatic rings. The number of fused-ring (bicyclic) bond motifs is 1. The molecule has 0 unspecified atom stereocenters. The summed E-state index contributed by atoms with van der Waals surface area (Å²) >= 11 is 0. The molecule has 20 heavy (non-hydrogen) atoms. The van der Waals surface area contributed by atoms with Crippen molar-refractivity contribution in [3.05, 3.63) is 53.1 Å². The Bertz CT molecular complexity index is 620. The summed E-state index contributed by atoms with van der Waals surface area (Å²) in [5, 5.41) is 9.98. The van der Waals surface area contributed by atoms with Crippen LogP contribution >= 0.6 is 0 Å². The average Bonchev–Trinajstić information content (AvgIpc) is 2.49. The highest BCUT2D eigenvalue weighted by Crippen LogP contribution is 2.44. The number of benzene rings is 2. The minimum atomic E-state index is 0.0375. The van der Waals surface area contributed by atoms with Crippen LogP contribution in [0.25, 0.3) is 0 Å². The zero-order valence-electron chi connectivity index (χ0n) is 11.7. The lowest BCUT2D eigenvalue weighted by atomic mass is 9.95. The van der Waals surface area contributed by atoms with Gasteiger partial charge in [0.15, 0.2) is 0 Å². The summed E-state index contributed by atoms with van der Waals surface area (Å²) < 4.78 is 11.5. The first kappa shape index (κ1) is 12.9. The summed E-state index contributed by atoms with van der Waals surface area (Å²) in [6, 6.07) is 11.9. The van der Waals surface area contributed by atoms with Gasteiger partial charge in [0.2, 0.25) is 0 Å². The zero-order valence-corrected chi connectivity index (χ0v) is 11.7. The maximum Gasteiger partial charge on any atom is 0.132 e. The normalized spacial score (nSPS) is 17.2. The topological polar surface area (TPSA) is 38.7 Å². The summed E-state index contributed by atoms with van der Waals surface area (Å²) in [7, 11) is 1.63. The molecule has 0 saturated carbocycles. The van der Waals surface area contributed by atoms with Gasteiger partial charge in [-0.2, -0.15) is 0 Å². The Kier molecular flexibility index (Phi) is 3.26. The van der Waals surface area contributed by atoms with Gasteiger partial charge in [0.1, 0.15) is 23.4 Å². The van der Waals surface area contributed by atoms with Crippen molar-refractivity contribution >= 4 is 0 Å². The van der Waals surface area contributed by atoms with Gasteiger partial charge in [0.25, 0.3) is 0 Å². The number of ether oxygens (including phenoxy) is 2. The monoisotopic (exact) mass is 270 g/mol. The van der Waals surface area contributed by atoms with E-state index in [1.54, 1.807) is 13.2 Å². The minimum Gasteiger partial charge on any atom is -0.507 e. The Morgan fingerprint density at radius 1 is 1.25 bits per heavy atom. The molecule has 104 valence electrons. The fraction of sp³-hybridized carbons (Fsp3) is 0.294. The molecule has 0 fully saturated rings. The van der Waals surface area contributed by atoms with Crippen molar-refractivity contribution in [2.24, 2.45) is 0 Å². The van der Waals surface area contributed by atoms with E-state index in [9.17, 15) is 5.11 Å². The highest BCUT2D eigenvalue weighted by Gasteiger charge is 2.26. The van der Waals surface area contributed by atoms with Gasteiger partial charge in [-0.15, -0.1) is 0 Å². The quantitative estimate of drug-likeness (QED) is 0.902. The van der Waals surface area contributed by atoms with E-state index < -0.39 is 0 Å². The summed E-state index contributed by atoms with van der Waals surface area (Å²) in [4.78, 5) is 0. The average molecular weight is 270 g/mol. The van der Waals surface area contributed by atoms with Crippen molar-refractivity contribution in [2.75, 3.05) is 7.11 Å². The third kappa shape index (κ3) is 2.09. The number of hydrogen-bond acceptors (Lipinski definition) is 3. The van der Waals surface area contributed by atoms with E-state index in [2.05, 4.69) is 12.1 Å². The number of phenols is 1. The predicted octanol–water partition coefficient (Wildman–Crippen LogP) is 3.78. The number of hydrogen-bond donors (Lipinski definition) is 1. The molecule has 3 nitrogen and oxygen atoms in total. The molecular formula is C17H18O3. The molecule has 1 aliphatic rings. The second-order valence-corrected chi connectivity index (χ2v) is 5.09. The standard InChI is InChI=1S/C17H18O3/c1-11-14(18)10-16-13(17(11)19-2)8-9-15(20-16)12-6-4-3-5-7-12/h3-7,10,15,18H,8-9H2,1-2H3/t15-/m0/s1. The van der Waals surface area contributed by atoms with Crippen molar-refractivity contribution in [1.29, 1.82) is 0 Å². The maximum atomic E-state index is 9.98. The van der Waals surface area contributed by atoms with Gasteiger partial charge in [-0.05, 0) is 25.3 Å². The van der Waals surface area contributed by atoms with Gasteiger partial charge in [0, 0.05) is 17.2 Å². The molecule has 0 radical (unpaired) electrons. The second-order valence-electron chi connectivity index (χ2n) is 5.09. The van der Waals surface area contributed by atoms with Crippen LogP contribution < -0.4 is 9.47 Å². The van der Waals surface area contributed by atoms with E-state index in [1.807, 2.05) is 25.1 Å². The zero-order chi connectivity index (χ0) is 14.1. The molecule has 0 aromatic heterocycles. The van der Waals surface area contributed by atoms with Crippen molar-refractivity contribution in [3.63, 3.8) is 0 Å². The molecule has 0 spiro atoms. The van der Waals surface area contributed by atoms with Crippen LogP contribution in [0.4, 0.5) is 0 Å². The molecule has 2 aromatic carbocycles. The smallest absolute Gasteiger partial charge is 0.132 e. The van der Waals surface area contributed by atoms with Gasteiger partial charge < -0.3 is 14.6 Å². The van der Waals surface area contributed by atoms with Gasteiger partial charge in [0.05, 0.1) is 7.11 Å². The van der Waals surface area contributed by atoms with Crippen LogP contribution in [0.1, 0.15) is 29.2 Å². The molecule has 0 saturated heterocycles. The minimum absolute atomic E-state index is 0.0375. The van der Waals surface area contributed by atoms with E-state index in [0.717, 1.165) is 41.0 Å². The summed E-state index contributed by atoms with van der Waals surface area (Å²) in [5.74, 6) is 1.69. The van der Waals surface area contributed by atoms with Crippen LogP contribution in [0.5, 0.6) is 17.2 Å². The van der Waals surface area contributed by atoms with Gasteiger partial charge in [-0.25, -0.2) is 0 Å². The lowest BCUT2D eigenvalue weighted by molar-refractivity contribution is 0.173. The fourth-order valence-electron chi connectivity index (χ4n) is 2.78. The third-order valence-corrected chi connectivity index (χ3v) is 3.87. The van der Waals surface area contributed by atoms with Crippen molar-refractivity contribution in [3.8, 4) is 17.2 Å². The molecule has 0 bridgehead atoms. The highest BCUT2D eigenvalue weighted by atomic mass is 16.5. The Hall–Kier alpha value is -2.16. The fourth-order valence-corrected chi connectivity index (χ4v) is 2.78. The van der Waals surface area contributed by atoms with Crippen LogP contribution in [0.2, 0.25) is 0 Å². The number of phenolic OH excluding ortho intramolecular Hbond substituents is 1. The van der Waals surface area contributed by atoms with Crippen LogP contribution in [-0.2, 0) is 6.42 Å². The van der Waals surface area contributed by atoms with Crippen LogP contribution in [-0.4, -0.2) is 12.2 Å². The van der Waals surface area contributed by atoms with Crippen LogP contribution in [0.3, 0.4) is 0 Å². The van der Waals surface area contributed by atoms with Gasteiger partial charge in [-0.1, -0.05) is 30.3 Å². The summed E-state index contributed by atoms with van der Waals surface area (Å²) in [6.45, 7) is 1.86. The largest absolute Gasteiger partial charge is 0.507 e. The first-order valence-electron chi connectivity index (χ1n) is 6.81. The first-order chi connectivity index (χ1) is 9.70. The first-order valence-corrected chi connectivity index (χ1v) is 6.81. The number of rotatable bonds is 2. The number of aromatic hydroxyl groups is 1.